The van der Waals surface area contributed by atoms with Crippen molar-refractivity contribution in [1.29, 1.82) is 0 Å². The van der Waals surface area contributed by atoms with Gasteiger partial charge < -0.3 is 5.11 Å². The molecule has 1 heterocycles. The van der Waals surface area contributed by atoms with Crippen LogP contribution in [0.4, 0.5) is 13.2 Å². The van der Waals surface area contributed by atoms with E-state index >= 15 is 0 Å². The Kier molecular flexibility index (Phi) is 2.83. The number of hydrogen-bond donors (Lipinski definition) is 1. The largest absolute Gasteiger partial charge is 0.478 e. The zero-order chi connectivity index (χ0) is 11.6. The lowest BCUT2D eigenvalue weighted by Crippen LogP contribution is -2.11. The second-order valence-electron chi connectivity index (χ2n) is 2.75. The summed E-state index contributed by atoms with van der Waals surface area (Å²) in [4.78, 5) is 10.1. The van der Waals surface area contributed by atoms with E-state index in [0.29, 0.717) is 4.68 Å². The van der Waals surface area contributed by atoms with Gasteiger partial charge in [0.25, 0.3) is 0 Å². The fraction of sp³-hybridized carbons (Fsp3) is 0.250. The van der Waals surface area contributed by atoms with Gasteiger partial charge in [-0.3, -0.25) is 4.68 Å². The second kappa shape index (κ2) is 3.76. The highest BCUT2D eigenvalue weighted by molar-refractivity contribution is 5.84. The molecule has 0 amide bonds. The Morgan fingerprint density at radius 3 is 2.60 bits per heavy atom. The number of carboxylic acids is 1. The van der Waals surface area contributed by atoms with Crippen molar-refractivity contribution >= 4 is 12.0 Å². The number of hydrogen-bond acceptors (Lipinski definition) is 2. The first-order valence-electron chi connectivity index (χ1n) is 3.83. The van der Waals surface area contributed by atoms with E-state index in [1.807, 2.05) is 0 Å². The van der Waals surface area contributed by atoms with Crippen LogP contribution in [0.5, 0.6) is 0 Å². The number of halogens is 3. The summed E-state index contributed by atoms with van der Waals surface area (Å²) in [7, 11) is 1.14. The van der Waals surface area contributed by atoms with Gasteiger partial charge in [0, 0.05) is 13.1 Å². The average Bonchev–Trinajstić information content (AvgIpc) is 2.42. The Bertz CT molecular complexity index is 407. The fourth-order valence-corrected chi connectivity index (χ4v) is 0.993. The molecule has 0 saturated heterocycles. The molecular formula is C8H7F3N2O2. The quantitative estimate of drug-likeness (QED) is 0.769. The molecule has 1 aromatic heterocycles. The summed E-state index contributed by atoms with van der Waals surface area (Å²) in [6.07, 6.45) is -2.77. The van der Waals surface area contributed by atoms with Crippen LogP contribution in [-0.4, -0.2) is 20.9 Å². The molecule has 0 atom stereocenters. The van der Waals surface area contributed by atoms with E-state index in [9.17, 15) is 18.0 Å². The highest BCUT2D eigenvalue weighted by Crippen LogP contribution is 2.29. The maximum atomic E-state index is 12.3. The molecule has 15 heavy (non-hydrogen) atoms. The van der Waals surface area contributed by atoms with Gasteiger partial charge in [-0.25, -0.2) is 4.79 Å². The van der Waals surface area contributed by atoms with Gasteiger partial charge in [-0.2, -0.15) is 18.3 Å². The molecule has 0 unspecified atom stereocenters. The Morgan fingerprint density at radius 1 is 1.60 bits per heavy atom. The van der Waals surface area contributed by atoms with Crippen molar-refractivity contribution in [3.8, 4) is 0 Å². The van der Waals surface area contributed by atoms with E-state index in [0.717, 1.165) is 25.3 Å². The van der Waals surface area contributed by atoms with E-state index in [1.165, 1.54) is 0 Å². The number of aryl methyl sites for hydroxylation is 1. The molecule has 0 fully saturated rings. The Labute approximate surface area is 82.6 Å². The Balaban J connectivity index is 3.01. The first-order valence-corrected chi connectivity index (χ1v) is 3.83. The third-order valence-electron chi connectivity index (χ3n) is 1.59. The SMILES string of the molecule is Cn1nc(C=CC(=O)O)cc1C(F)(F)F. The van der Waals surface area contributed by atoms with Crippen LogP contribution in [-0.2, 0) is 18.0 Å². The summed E-state index contributed by atoms with van der Waals surface area (Å²) < 4.78 is 37.4. The molecule has 0 aromatic carbocycles. The monoisotopic (exact) mass is 220 g/mol. The third-order valence-corrected chi connectivity index (χ3v) is 1.59. The normalized spacial score (nSPS) is 12.3. The van der Waals surface area contributed by atoms with Crippen LogP contribution in [0, 0.1) is 0 Å². The highest BCUT2D eigenvalue weighted by atomic mass is 19.4. The van der Waals surface area contributed by atoms with Crippen molar-refractivity contribution in [2.45, 2.75) is 6.18 Å². The van der Waals surface area contributed by atoms with E-state index in [1.54, 1.807) is 0 Å². The number of carbonyl (C=O) groups is 1. The van der Waals surface area contributed by atoms with Gasteiger partial charge in [-0.05, 0) is 12.1 Å². The van der Waals surface area contributed by atoms with E-state index in [-0.39, 0.29) is 5.69 Å². The minimum atomic E-state index is -4.49. The van der Waals surface area contributed by atoms with Gasteiger partial charge in [0.1, 0.15) is 5.69 Å². The molecule has 4 nitrogen and oxygen atoms in total. The summed E-state index contributed by atoms with van der Waals surface area (Å²) >= 11 is 0. The lowest BCUT2D eigenvalue weighted by atomic mass is 10.3. The standard InChI is InChI=1S/C8H7F3N2O2/c1-13-6(8(9,10)11)4-5(12-13)2-3-7(14)15/h2-4H,1H3,(H,14,15). The summed E-state index contributed by atoms with van der Waals surface area (Å²) in [6, 6.07) is 0.777. The van der Waals surface area contributed by atoms with E-state index in [4.69, 9.17) is 5.11 Å². The zero-order valence-corrected chi connectivity index (χ0v) is 7.62. The van der Waals surface area contributed by atoms with Crippen LogP contribution in [0.25, 0.3) is 6.08 Å². The number of aromatic nitrogens is 2. The molecule has 0 aliphatic carbocycles. The second-order valence-corrected chi connectivity index (χ2v) is 2.75. The van der Waals surface area contributed by atoms with Gasteiger partial charge in [-0.15, -0.1) is 0 Å². The predicted molar refractivity (Wildman–Crippen MR) is 44.9 cm³/mol. The first-order chi connectivity index (χ1) is 6.80. The molecule has 0 aliphatic heterocycles. The number of alkyl halides is 3. The lowest BCUT2D eigenvalue weighted by Gasteiger charge is -2.04. The molecular weight excluding hydrogens is 213 g/mol. The molecule has 0 radical (unpaired) electrons. The lowest BCUT2D eigenvalue weighted by molar-refractivity contribution is -0.143. The van der Waals surface area contributed by atoms with Crippen LogP contribution >= 0.6 is 0 Å². The van der Waals surface area contributed by atoms with Gasteiger partial charge in [-0.1, -0.05) is 0 Å². The summed E-state index contributed by atoms with van der Waals surface area (Å²) in [6.45, 7) is 0. The van der Waals surface area contributed by atoms with Crippen molar-refractivity contribution in [3.63, 3.8) is 0 Å². The average molecular weight is 220 g/mol. The minimum Gasteiger partial charge on any atom is -0.478 e. The van der Waals surface area contributed by atoms with Crippen LogP contribution in [0.2, 0.25) is 0 Å². The molecule has 0 bridgehead atoms. The summed E-state index contributed by atoms with van der Waals surface area (Å²) in [5, 5.41) is 11.8. The summed E-state index contributed by atoms with van der Waals surface area (Å²) in [5.74, 6) is -1.24. The van der Waals surface area contributed by atoms with Gasteiger partial charge >= 0.3 is 12.1 Å². The maximum Gasteiger partial charge on any atom is 0.433 e. The zero-order valence-electron chi connectivity index (χ0n) is 7.62. The molecule has 7 heteroatoms. The third kappa shape index (κ3) is 2.83. The Morgan fingerprint density at radius 2 is 2.20 bits per heavy atom. The van der Waals surface area contributed by atoms with Crippen LogP contribution in [0.1, 0.15) is 11.4 Å². The number of carboxylic acid groups (broad SMARTS) is 1. The van der Waals surface area contributed by atoms with Crippen molar-refractivity contribution in [2.75, 3.05) is 0 Å². The Hall–Kier alpha value is -1.79. The predicted octanol–water partition coefficient (Wildman–Crippen LogP) is 1.54. The van der Waals surface area contributed by atoms with Crippen LogP contribution in [0.3, 0.4) is 0 Å². The smallest absolute Gasteiger partial charge is 0.433 e. The number of rotatable bonds is 2. The summed E-state index contributed by atoms with van der Waals surface area (Å²) in [5.41, 5.74) is -0.972. The van der Waals surface area contributed by atoms with E-state index in [2.05, 4.69) is 5.10 Å². The minimum absolute atomic E-state index is 0.0489. The van der Waals surface area contributed by atoms with Crippen molar-refractivity contribution in [3.05, 3.63) is 23.5 Å². The number of aliphatic carboxylic acids is 1. The molecule has 1 N–H and O–H groups in total. The van der Waals surface area contributed by atoms with Crippen molar-refractivity contribution in [1.82, 2.24) is 9.78 Å². The first kappa shape index (κ1) is 11.3. The van der Waals surface area contributed by atoms with Gasteiger partial charge in [0.2, 0.25) is 0 Å². The molecule has 1 rings (SSSR count). The molecule has 0 spiro atoms. The fourth-order valence-electron chi connectivity index (χ4n) is 0.993. The molecule has 0 aliphatic rings. The number of nitrogens with zero attached hydrogens (tertiary/aromatic N) is 2. The maximum absolute atomic E-state index is 12.3. The van der Waals surface area contributed by atoms with Crippen LogP contribution in [0.15, 0.2) is 12.1 Å². The molecule has 1 aromatic rings. The van der Waals surface area contributed by atoms with Crippen LogP contribution < -0.4 is 0 Å². The van der Waals surface area contributed by atoms with Gasteiger partial charge in [0.05, 0.1) is 5.69 Å². The molecule has 0 saturated carbocycles. The van der Waals surface area contributed by atoms with Gasteiger partial charge in [0.15, 0.2) is 0 Å². The van der Waals surface area contributed by atoms with Crippen molar-refractivity contribution < 1.29 is 23.1 Å². The highest BCUT2D eigenvalue weighted by Gasteiger charge is 2.34. The topological polar surface area (TPSA) is 55.1 Å². The van der Waals surface area contributed by atoms with E-state index < -0.39 is 17.8 Å². The molecule has 82 valence electrons. The van der Waals surface area contributed by atoms with Crippen molar-refractivity contribution in [2.24, 2.45) is 7.05 Å².